The SMILES string of the molecule is CCNC(CC)c1ccc(OCCOCCC(C)C)cc1. The summed E-state index contributed by atoms with van der Waals surface area (Å²) in [6, 6.07) is 8.81. The summed E-state index contributed by atoms with van der Waals surface area (Å²) >= 11 is 0. The lowest BCUT2D eigenvalue weighted by atomic mass is 10.0. The first kappa shape index (κ1) is 18.0. The molecule has 0 heterocycles. The molecule has 0 radical (unpaired) electrons. The lowest BCUT2D eigenvalue weighted by molar-refractivity contribution is 0.0926. The molecule has 0 fully saturated rings. The van der Waals surface area contributed by atoms with E-state index < -0.39 is 0 Å². The topological polar surface area (TPSA) is 30.5 Å². The minimum Gasteiger partial charge on any atom is -0.491 e. The van der Waals surface area contributed by atoms with Crippen molar-refractivity contribution in [2.45, 2.75) is 46.6 Å². The van der Waals surface area contributed by atoms with E-state index in [4.69, 9.17) is 9.47 Å². The molecule has 0 saturated heterocycles. The monoisotopic (exact) mass is 293 g/mol. The van der Waals surface area contributed by atoms with Crippen molar-refractivity contribution in [1.82, 2.24) is 5.32 Å². The average Bonchev–Trinajstić information content (AvgIpc) is 2.49. The maximum Gasteiger partial charge on any atom is 0.119 e. The van der Waals surface area contributed by atoms with Crippen LogP contribution in [0.1, 0.15) is 52.1 Å². The van der Waals surface area contributed by atoms with Crippen LogP contribution in [-0.4, -0.2) is 26.4 Å². The number of hydrogen-bond acceptors (Lipinski definition) is 3. The van der Waals surface area contributed by atoms with Crippen LogP contribution in [0, 0.1) is 5.92 Å². The number of ether oxygens (including phenoxy) is 2. The molecule has 0 saturated carbocycles. The molecular weight excluding hydrogens is 262 g/mol. The molecule has 1 aromatic carbocycles. The van der Waals surface area contributed by atoms with Crippen LogP contribution >= 0.6 is 0 Å². The number of benzene rings is 1. The lowest BCUT2D eigenvalue weighted by Crippen LogP contribution is -2.19. The van der Waals surface area contributed by atoms with Gasteiger partial charge in [0.25, 0.3) is 0 Å². The van der Waals surface area contributed by atoms with Crippen molar-refractivity contribution < 1.29 is 9.47 Å². The Morgan fingerprint density at radius 1 is 1.00 bits per heavy atom. The molecule has 1 unspecified atom stereocenters. The normalized spacial score (nSPS) is 12.6. The van der Waals surface area contributed by atoms with Crippen LogP contribution in [0.5, 0.6) is 5.75 Å². The summed E-state index contributed by atoms with van der Waals surface area (Å²) in [6.07, 6.45) is 2.20. The number of hydrogen-bond donors (Lipinski definition) is 1. The van der Waals surface area contributed by atoms with E-state index in [1.807, 2.05) is 12.1 Å². The molecule has 0 spiro atoms. The van der Waals surface area contributed by atoms with Crippen molar-refractivity contribution >= 4 is 0 Å². The van der Waals surface area contributed by atoms with Crippen molar-refractivity contribution in [2.24, 2.45) is 5.92 Å². The Labute approximate surface area is 130 Å². The highest BCUT2D eigenvalue weighted by Crippen LogP contribution is 2.20. The minimum atomic E-state index is 0.434. The van der Waals surface area contributed by atoms with E-state index in [-0.39, 0.29) is 0 Å². The molecule has 0 bridgehead atoms. The Hall–Kier alpha value is -1.06. The summed E-state index contributed by atoms with van der Waals surface area (Å²) in [7, 11) is 0. The molecule has 0 aliphatic rings. The van der Waals surface area contributed by atoms with E-state index in [1.54, 1.807) is 0 Å². The largest absolute Gasteiger partial charge is 0.491 e. The molecule has 1 atom stereocenters. The third-order valence-corrected chi connectivity index (χ3v) is 3.48. The summed E-state index contributed by atoms with van der Waals surface area (Å²) in [5.74, 6) is 1.61. The standard InChI is InChI=1S/C18H31NO2/c1-5-18(19-6-2)16-7-9-17(10-8-16)21-14-13-20-12-11-15(3)4/h7-10,15,18-19H,5-6,11-14H2,1-4H3. The van der Waals surface area contributed by atoms with Gasteiger partial charge in [-0.05, 0) is 43.0 Å². The highest BCUT2D eigenvalue weighted by Gasteiger charge is 2.07. The van der Waals surface area contributed by atoms with E-state index >= 15 is 0 Å². The van der Waals surface area contributed by atoms with Gasteiger partial charge in [0, 0.05) is 12.6 Å². The van der Waals surface area contributed by atoms with Crippen LogP contribution in [0.4, 0.5) is 0 Å². The molecule has 0 aliphatic heterocycles. The predicted molar refractivity (Wildman–Crippen MR) is 88.9 cm³/mol. The van der Waals surface area contributed by atoms with E-state index in [2.05, 4.69) is 45.1 Å². The van der Waals surface area contributed by atoms with E-state index in [0.717, 1.165) is 31.7 Å². The minimum absolute atomic E-state index is 0.434. The van der Waals surface area contributed by atoms with E-state index in [9.17, 15) is 0 Å². The second-order valence-electron chi connectivity index (χ2n) is 5.73. The molecule has 0 amide bonds. The quantitative estimate of drug-likeness (QED) is 0.621. The van der Waals surface area contributed by atoms with Crippen molar-refractivity contribution in [3.8, 4) is 5.75 Å². The highest BCUT2D eigenvalue weighted by molar-refractivity contribution is 5.29. The second-order valence-corrected chi connectivity index (χ2v) is 5.73. The number of rotatable bonds is 11. The first-order valence-electron chi connectivity index (χ1n) is 8.21. The summed E-state index contributed by atoms with van der Waals surface area (Å²) in [6.45, 7) is 11.8. The van der Waals surface area contributed by atoms with E-state index in [0.29, 0.717) is 25.2 Å². The molecule has 1 aromatic rings. The fraction of sp³-hybridized carbons (Fsp3) is 0.667. The van der Waals surface area contributed by atoms with Crippen LogP contribution < -0.4 is 10.1 Å². The molecule has 21 heavy (non-hydrogen) atoms. The van der Waals surface area contributed by atoms with Gasteiger partial charge in [-0.2, -0.15) is 0 Å². The summed E-state index contributed by atoms with van der Waals surface area (Å²) in [5, 5.41) is 3.48. The van der Waals surface area contributed by atoms with Gasteiger partial charge in [-0.25, -0.2) is 0 Å². The fourth-order valence-electron chi connectivity index (χ4n) is 2.18. The van der Waals surface area contributed by atoms with Gasteiger partial charge < -0.3 is 14.8 Å². The summed E-state index contributed by atoms with van der Waals surface area (Å²) in [4.78, 5) is 0. The van der Waals surface area contributed by atoms with Crippen molar-refractivity contribution in [3.63, 3.8) is 0 Å². The lowest BCUT2D eigenvalue weighted by Gasteiger charge is -2.16. The van der Waals surface area contributed by atoms with Crippen molar-refractivity contribution in [2.75, 3.05) is 26.4 Å². The molecule has 120 valence electrons. The molecule has 3 heteroatoms. The van der Waals surface area contributed by atoms with Gasteiger partial charge >= 0.3 is 0 Å². The third-order valence-electron chi connectivity index (χ3n) is 3.48. The zero-order valence-electron chi connectivity index (χ0n) is 14.0. The fourth-order valence-corrected chi connectivity index (χ4v) is 2.18. The zero-order chi connectivity index (χ0) is 15.5. The van der Waals surface area contributed by atoms with Crippen LogP contribution in [0.3, 0.4) is 0 Å². The smallest absolute Gasteiger partial charge is 0.119 e. The van der Waals surface area contributed by atoms with Gasteiger partial charge in [0.15, 0.2) is 0 Å². The van der Waals surface area contributed by atoms with E-state index in [1.165, 1.54) is 5.56 Å². The summed E-state index contributed by atoms with van der Waals surface area (Å²) in [5.41, 5.74) is 1.32. The summed E-state index contributed by atoms with van der Waals surface area (Å²) < 4.78 is 11.2. The van der Waals surface area contributed by atoms with Crippen molar-refractivity contribution in [1.29, 1.82) is 0 Å². The zero-order valence-corrected chi connectivity index (χ0v) is 14.0. The van der Waals surface area contributed by atoms with Crippen LogP contribution in [0.2, 0.25) is 0 Å². The van der Waals surface area contributed by atoms with Gasteiger partial charge in [0.2, 0.25) is 0 Å². The first-order valence-corrected chi connectivity index (χ1v) is 8.21. The van der Waals surface area contributed by atoms with Crippen LogP contribution in [0.25, 0.3) is 0 Å². The molecule has 0 aliphatic carbocycles. The second kappa shape index (κ2) is 10.6. The average molecular weight is 293 g/mol. The van der Waals surface area contributed by atoms with Gasteiger partial charge in [0.05, 0.1) is 6.61 Å². The predicted octanol–water partition coefficient (Wildman–Crippen LogP) is 4.19. The maximum absolute atomic E-state index is 5.70. The number of nitrogens with one attached hydrogen (secondary N) is 1. The molecular formula is C18H31NO2. The Morgan fingerprint density at radius 3 is 2.29 bits per heavy atom. The van der Waals surface area contributed by atoms with Gasteiger partial charge in [-0.3, -0.25) is 0 Å². The van der Waals surface area contributed by atoms with Crippen molar-refractivity contribution in [3.05, 3.63) is 29.8 Å². The molecule has 1 rings (SSSR count). The Bertz CT molecular complexity index is 362. The van der Waals surface area contributed by atoms with Crippen LogP contribution in [0.15, 0.2) is 24.3 Å². The Morgan fingerprint density at radius 2 is 1.71 bits per heavy atom. The molecule has 0 aromatic heterocycles. The van der Waals surface area contributed by atoms with Gasteiger partial charge in [-0.15, -0.1) is 0 Å². The maximum atomic E-state index is 5.70. The molecule has 3 nitrogen and oxygen atoms in total. The third kappa shape index (κ3) is 7.49. The van der Waals surface area contributed by atoms with Crippen LogP contribution in [-0.2, 0) is 4.74 Å². The Kier molecular flexibility index (Phi) is 9.11. The van der Waals surface area contributed by atoms with Gasteiger partial charge in [-0.1, -0.05) is 39.8 Å². The molecule has 1 N–H and O–H groups in total. The van der Waals surface area contributed by atoms with Gasteiger partial charge in [0.1, 0.15) is 12.4 Å². The first-order chi connectivity index (χ1) is 10.2. The Balaban J connectivity index is 2.27. The highest BCUT2D eigenvalue weighted by atomic mass is 16.5.